The van der Waals surface area contributed by atoms with Crippen LogP contribution in [0.3, 0.4) is 0 Å². The summed E-state index contributed by atoms with van der Waals surface area (Å²) in [4.78, 5) is 22.5. The Morgan fingerprint density at radius 3 is 1.50 bits per heavy atom. The summed E-state index contributed by atoms with van der Waals surface area (Å²) in [6, 6.07) is 6.19. The predicted octanol–water partition coefficient (Wildman–Crippen LogP) is 2.51. The topological polar surface area (TPSA) is 101 Å². The quantitative estimate of drug-likeness (QED) is 0.641. The van der Waals surface area contributed by atoms with Crippen molar-refractivity contribution in [2.75, 3.05) is 0 Å². The second-order valence-electron chi connectivity index (χ2n) is 3.76. The molecule has 2 aromatic heterocycles. The number of carboxylic acids is 2. The Morgan fingerprint density at radius 1 is 0.850 bits per heavy atom. The highest BCUT2D eigenvalue weighted by Crippen LogP contribution is 2.19. The zero-order chi connectivity index (χ0) is 14.5. The summed E-state index contributed by atoms with van der Waals surface area (Å²) in [6.07, 6.45) is 5.01. The van der Waals surface area contributed by atoms with Crippen molar-refractivity contribution in [3.8, 4) is 0 Å². The van der Waals surface area contributed by atoms with Gasteiger partial charge in [-0.2, -0.15) is 0 Å². The molecule has 102 valence electrons. The molecule has 0 saturated heterocycles. The SMILES string of the molecule is O=C(O)C(=C\c1ccco1)/C(=C/c1ccco1)C(=O)O. The summed E-state index contributed by atoms with van der Waals surface area (Å²) in [5.74, 6) is -2.26. The van der Waals surface area contributed by atoms with Gasteiger partial charge in [0.2, 0.25) is 0 Å². The van der Waals surface area contributed by atoms with Crippen LogP contribution in [0.4, 0.5) is 0 Å². The van der Waals surface area contributed by atoms with Crippen molar-refractivity contribution in [3.05, 3.63) is 59.5 Å². The van der Waals surface area contributed by atoms with Crippen molar-refractivity contribution in [1.29, 1.82) is 0 Å². The lowest BCUT2D eigenvalue weighted by atomic mass is 10.0. The van der Waals surface area contributed by atoms with Gasteiger partial charge >= 0.3 is 11.9 Å². The van der Waals surface area contributed by atoms with Gasteiger partial charge in [-0.1, -0.05) is 0 Å². The van der Waals surface area contributed by atoms with Crippen LogP contribution in [0.2, 0.25) is 0 Å². The summed E-state index contributed by atoms with van der Waals surface area (Å²) in [7, 11) is 0. The molecule has 0 saturated carbocycles. The zero-order valence-corrected chi connectivity index (χ0v) is 10.1. The van der Waals surface area contributed by atoms with Gasteiger partial charge in [0.15, 0.2) is 0 Å². The van der Waals surface area contributed by atoms with Crippen LogP contribution in [-0.4, -0.2) is 22.2 Å². The number of aliphatic carboxylic acids is 2. The van der Waals surface area contributed by atoms with E-state index in [2.05, 4.69) is 0 Å². The molecule has 2 rings (SSSR count). The molecule has 6 nitrogen and oxygen atoms in total. The van der Waals surface area contributed by atoms with Gasteiger partial charge in [0.1, 0.15) is 11.5 Å². The molecule has 0 aliphatic rings. The summed E-state index contributed by atoms with van der Waals surface area (Å²) < 4.78 is 9.99. The van der Waals surface area contributed by atoms with Gasteiger partial charge < -0.3 is 19.0 Å². The van der Waals surface area contributed by atoms with E-state index < -0.39 is 23.1 Å². The Hall–Kier alpha value is -3.02. The number of hydrogen-bond donors (Lipinski definition) is 2. The number of hydrogen-bond acceptors (Lipinski definition) is 4. The van der Waals surface area contributed by atoms with E-state index in [-0.39, 0.29) is 11.5 Å². The minimum absolute atomic E-state index is 0.244. The molecule has 0 bridgehead atoms. The van der Waals surface area contributed by atoms with E-state index in [0.717, 1.165) is 12.2 Å². The third-order valence-electron chi connectivity index (χ3n) is 2.41. The predicted molar refractivity (Wildman–Crippen MR) is 68.6 cm³/mol. The van der Waals surface area contributed by atoms with Crippen LogP contribution in [0.15, 0.2) is 56.8 Å². The van der Waals surface area contributed by atoms with Gasteiger partial charge in [0.25, 0.3) is 0 Å². The lowest BCUT2D eigenvalue weighted by molar-refractivity contribution is -0.136. The first-order valence-corrected chi connectivity index (χ1v) is 5.55. The first-order chi connectivity index (χ1) is 9.58. The van der Waals surface area contributed by atoms with E-state index in [1.165, 1.54) is 24.7 Å². The molecule has 6 heteroatoms. The second-order valence-corrected chi connectivity index (χ2v) is 3.76. The lowest BCUT2D eigenvalue weighted by Gasteiger charge is -2.02. The molecule has 0 fully saturated rings. The highest BCUT2D eigenvalue weighted by molar-refractivity contribution is 6.11. The van der Waals surface area contributed by atoms with Crippen molar-refractivity contribution in [2.45, 2.75) is 0 Å². The first kappa shape index (κ1) is 13.4. The summed E-state index contributed by atoms with van der Waals surface area (Å²) in [6.45, 7) is 0. The van der Waals surface area contributed by atoms with Crippen molar-refractivity contribution in [1.82, 2.24) is 0 Å². The second kappa shape index (κ2) is 5.75. The maximum Gasteiger partial charge on any atom is 0.336 e. The van der Waals surface area contributed by atoms with Crippen LogP contribution < -0.4 is 0 Å². The number of rotatable bonds is 5. The molecule has 2 aromatic rings. The Labute approximate surface area is 113 Å². The van der Waals surface area contributed by atoms with Gasteiger partial charge in [0.05, 0.1) is 23.7 Å². The largest absolute Gasteiger partial charge is 0.478 e. The normalized spacial score (nSPS) is 12.4. The molecule has 0 aromatic carbocycles. The number of furan rings is 2. The monoisotopic (exact) mass is 274 g/mol. The van der Waals surface area contributed by atoms with Crippen LogP contribution >= 0.6 is 0 Å². The first-order valence-electron chi connectivity index (χ1n) is 5.55. The fourth-order valence-electron chi connectivity index (χ4n) is 1.54. The molecule has 0 aliphatic heterocycles. The highest BCUT2D eigenvalue weighted by atomic mass is 16.4. The highest BCUT2D eigenvalue weighted by Gasteiger charge is 2.21. The Morgan fingerprint density at radius 2 is 1.25 bits per heavy atom. The van der Waals surface area contributed by atoms with Crippen LogP contribution in [0.25, 0.3) is 12.2 Å². The van der Waals surface area contributed by atoms with E-state index in [0.29, 0.717) is 0 Å². The molecule has 0 atom stereocenters. The van der Waals surface area contributed by atoms with Crippen LogP contribution in [-0.2, 0) is 9.59 Å². The van der Waals surface area contributed by atoms with Crippen molar-refractivity contribution in [2.24, 2.45) is 0 Å². The fourth-order valence-corrected chi connectivity index (χ4v) is 1.54. The van der Waals surface area contributed by atoms with E-state index in [9.17, 15) is 19.8 Å². The van der Waals surface area contributed by atoms with Gasteiger partial charge in [-0.3, -0.25) is 0 Å². The molecule has 20 heavy (non-hydrogen) atoms. The Kier molecular flexibility index (Phi) is 3.85. The molecule has 0 unspecified atom stereocenters. The molecule has 0 spiro atoms. The molecule has 0 aliphatic carbocycles. The molecule has 2 heterocycles. The van der Waals surface area contributed by atoms with Crippen molar-refractivity contribution < 1.29 is 28.6 Å². The van der Waals surface area contributed by atoms with E-state index >= 15 is 0 Å². The molecule has 0 radical (unpaired) electrons. The van der Waals surface area contributed by atoms with Gasteiger partial charge in [-0.25, -0.2) is 9.59 Å². The summed E-state index contributed by atoms with van der Waals surface area (Å²) >= 11 is 0. The standard InChI is InChI=1S/C14H10O6/c15-13(16)11(7-9-3-1-5-19-9)12(14(17)18)8-10-4-2-6-20-10/h1-8H,(H,15,16)(H,17,18)/b11-7-,12-8-. The van der Waals surface area contributed by atoms with E-state index in [4.69, 9.17) is 8.83 Å². The van der Waals surface area contributed by atoms with Gasteiger partial charge in [0, 0.05) is 0 Å². The molecule has 2 N–H and O–H groups in total. The van der Waals surface area contributed by atoms with E-state index in [1.807, 2.05) is 0 Å². The zero-order valence-electron chi connectivity index (χ0n) is 10.1. The number of carbonyl (C=O) groups is 2. The minimum Gasteiger partial charge on any atom is -0.478 e. The van der Waals surface area contributed by atoms with Gasteiger partial charge in [-0.15, -0.1) is 0 Å². The Bertz CT molecular complexity index is 598. The molecule has 0 amide bonds. The number of carboxylic acid groups (broad SMARTS) is 2. The van der Waals surface area contributed by atoms with Crippen molar-refractivity contribution in [3.63, 3.8) is 0 Å². The average molecular weight is 274 g/mol. The lowest BCUT2D eigenvalue weighted by Crippen LogP contribution is -2.11. The van der Waals surface area contributed by atoms with E-state index in [1.54, 1.807) is 12.1 Å². The minimum atomic E-state index is -1.37. The maximum absolute atomic E-state index is 11.3. The average Bonchev–Trinajstić information content (AvgIpc) is 3.06. The van der Waals surface area contributed by atoms with Gasteiger partial charge in [-0.05, 0) is 36.4 Å². The third kappa shape index (κ3) is 3.05. The van der Waals surface area contributed by atoms with Crippen LogP contribution in [0.1, 0.15) is 11.5 Å². The smallest absolute Gasteiger partial charge is 0.336 e. The van der Waals surface area contributed by atoms with Crippen LogP contribution in [0.5, 0.6) is 0 Å². The fraction of sp³-hybridized carbons (Fsp3) is 0. The van der Waals surface area contributed by atoms with Crippen LogP contribution in [0, 0.1) is 0 Å². The molecular weight excluding hydrogens is 264 g/mol. The maximum atomic E-state index is 11.3. The Balaban J connectivity index is 2.49. The van der Waals surface area contributed by atoms with Crippen molar-refractivity contribution >= 4 is 24.1 Å². The third-order valence-corrected chi connectivity index (χ3v) is 2.41. The summed E-state index contributed by atoms with van der Waals surface area (Å²) in [5, 5.41) is 18.4. The summed E-state index contributed by atoms with van der Waals surface area (Å²) in [5.41, 5.74) is -0.798. The molecular formula is C14H10O6.